The zero-order chi connectivity index (χ0) is 8.27. The highest BCUT2D eigenvalue weighted by Crippen LogP contribution is 2.26. The molecule has 1 nitrogen and oxygen atoms in total. The molecular weight excluding hydrogens is 160 g/mol. The van der Waals surface area contributed by atoms with Gasteiger partial charge in [0, 0.05) is 5.56 Å². The molecule has 0 atom stereocenters. The van der Waals surface area contributed by atoms with Gasteiger partial charge in [-0.2, -0.15) is 0 Å². The van der Waals surface area contributed by atoms with Crippen molar-refractivity contribution in [2.75, 3.05) is 7.11 Å². The van der Waals surface area contributed by atoms with Crippen LogP contribution in [0.15, 0.2) is 18.2 Å². The molecule has 11 heavy (non-hydrogen) atoms. The molecule has 0 fully saturated rings. The molecule has 0 saturated carbocycles. The van der Waals surface area contributed by atoms with Crippen molar-refractivity contribution < 1.29 is 4.74 Å². The largest absolute Gasteiger partial charge is 0.495 e. The summed E-state index contributed by atoms with van der Waals surface area (Å²) >= 11 is 5.84. The second kappa shape index (κ2) is 3.32. The smallest absolute Gasteiger partial charge is 0.138 e. The fraction of sp³-hybridized carbons (Fsp3) is 0.111. The van der Waals surface area contributed by atoms with E-state index >= 15 is 0 Å². The average molecular weight is 167 g/mol. The molecule has 1 aromatic rings. The van der Waals surface area contributed by atoms with Gasteiger partial charge in [0.1, 0.15) is 5.75 Å². The standard InChI is InChI=1S/C9H7ClO/c1-3-7-5-4-6-8(11-2)9(7)10/h1,4-6H,2H3. The minimum absolute atomic E-state index is 0.498. The Labute approximate surface area is 70.9 Å². The highest BCUT2D eigenvalue weighted by Gasteiger charge is 2.02. The van der Waals surface area contributed by atoms with Crippen LogP contribution < -0.4 is 4.74 Å². The van der Waals surface area contributed by atoms with Crippen molar-refractivity contribution in [1.82, 2.24) is 0 Å². The van der Waals surface area contributed by atoms with Gasteiger partial charge in [-0.1, -0.05) is 23.6 Å². The molecule has 0 saturated heterocycles. The van der Waals surface area contributed by atoms with E-state index in [1.54, 1.807) is 25.3 Å². The molecule has 0 spiro atoms. The minimum atomic E-state index is 0.498. The highest BCUT2D eigenvalue weighted by atomic mass is 35.5. The summed E-state index contributed by atoms with van der Waals surface area (Å²) in [5.74, 6) is 3.07. The molecule has 0 heterocycles. The molecule has 0 amide bonds. The van der Waals surface area contributed by atoms with Gasteiger partial charge in [-0.25, -0.2) is 0 Å². The molecule has 0 unspecified atom stereocenters. The molecule has 56 valence electrons. The van der Waals surface area contributed by atoms with Crippen LogP contribution >= 0.6 is 11.6 Å². The minimum Gasteiger partial charge on any atom is -0.495 e. The third-order valence-electron chi connectivity index (χ3n) is 1.34. The summed E-state index contributed by atoms with van der Waals surface area (Å²) in [5, 5.41) is 0.498. The first kappa shape index (κ1) is 7.97. The maximum atomic E-state index is 5.84. The fourth-order valence-corrected chi connectivity index (χ4v) is 1.04. The number of terminal acetylenes is 1. The van der Waals surface area contributed by atoms with Gasteiger partial charge in [0.15, 0.2) is 0 Å². The molecule has 2 heteroatoms. The number of hydrogen-bond donors (Lipinski definition) is 0. The summed E-state index contributed by atoms with van der Waals surface area (Å²) < 4.78 is 4.96. The van der Waals surface area contributed by atoms with Gasteiger partial charge < -0.3 is 4.74 Å². The Morgan fingerprint density at radius 3 is 2.82 bits per heavy atom. The van der Waals surface area contributed by atoms with Crippen molar-refractivity contribution in [3.63, 3.8) is 0 Å². The molecule has 0 bridgehead atoms. The molecule has 0 aliphatic heterocycles. The van der Waals surface area contributed by atoms with Gasteiger partial charge in [0.25, 0.3) is 0 Å². The summed E-state index contributed by atoms with van der Waals surface area (Å²) in [7, 11) is 1.56. The van der Waals surface area contributed by atoms with Crippen molar-refractivity contribution in [2.45, 2.75) is 0 Å². The number of rotatable bonds is 1. The summed E-state index contributed by atoms with van der Waals surface area (Å²) in [6, 6.07) is 5.34. The summed E-state index contributed by atoms with van der Waals surface area (Å²) in [6.45, 7) is 0. The van der Waals surface area contributed by atoms with E-state index in [1.165, 1.54) is 0 Å². The van der Waals surface area contributed by atoms with Crippen LogP contribution in [0.4, 0.5) is 0 Å². The van der Waals surface area contributed by atoms with Crippen LogP contribution in [0.1, 0.15) is 5.56 Å². The van der Waals surface area contributed by atoms with Crippen LogP contribution in [-0.4, -0.2) is 7.11 Å². The maximum absolute atomic E-state index is 5.84. The predicted octanol–water partition coefficient (Wildman–Crippen LogP) is 2.33. The molecule has 0 aliphatic carbocycles. The normalized spacial score (nSPS) is 8.82. The van der Waals surface area contributed by atoms with Gasteiger partial charge in [-0.15, -0.1) is 6.42 Å². The second-order valence-corrected chi connectivity index (χ2v) is 2.34. The lowest BCUT2D eigenvalue weighted by Gasteiger charge is -2.02. The van der Waals surface area contributed by atoms with Gasteiger partial charge in [0.05, 0.1) is 12.1 Å². The van der Waals surface area contributed by atoms with Crippen LogP contribution in [0.2, 0.25) is 5.02 Å². The Hall–Kier alpha value is -1.13. The van der Waals surface area contributed by atoms with Crippen molar-refractivity contribution in [2.24, 2.45) is 0 Å². The van der Waals surface area contributed by atoms with E-state index in [0.717, 1.165) is 0 Å². The van der Waals surface area contributed by atoms with Crippen molar-refractivity contribution in [1.29, 1.82) is 0 Å². The van der Waals surface area contributed by atoms with E-state index in [9.17, 15) is 0 Å². The Kier molecular flexibility index (Phi) is 2.40. The Morgan fingerprint density at radius 2 is 2.27 bits per heavy atom. The zero-order valence-corrected chi connectivity index (χ0v) is 6.85. The number of hydrogen-bond acceptors (Lipinski definition) is 1. The predicted molar refractivity (Wildman–Crippen MR) is 45.9 cm³/mol. The number of benzene rings is 1. The Morgan fingerprint density at radius 1 is 1.55 bits per heavy atom. The lowest BCUT2D eigenvalue weighted by Crippen LogP contribution is -1.85. The highest BCUT2D eigenvalue weighted by molar-refractivity contribution is 6.33. The van der Waals surface area contributed by atoms with E-state index in [2.05, 4.69) is 5.92 Å². The summed E-state index contributed by atoms with van der Waals surface area (Å²) in [5.41, 5.74) is 0.658. The second-order valence-electron chi connectivity index (χ2n) is 1.97. The number of ether oxygens (including phenoxy) is 1. The molecular formula is C9H7ClO. The molecule has 0 aromatic heterocycles. The summed E-state index contributed by atoms with van der Waals surface area (Å²) in [4.78, 5) is 0. The number of halogens is 1. The van der Waals surface area contributed by atoms with Crippen LogP contribution in [-0.2, 0) is 0 Å². The first-order valence-corrected chi connectivity index (χ1v) is 3.46. The van der Waals surface area contributed by atoms with Crippen molar-refractivity contribution >= 4 is 11.6 Å². The third kappa shape index (κ3) is 1.47. The van der Waals surface area contributed by atoms with E-state index in [4.69, 9.17) is 22.8 Å². The molecule has 1 aromatic carbocycles. The molecule has 0 aliphatic rings. The first-order valence-electron chi connectivity index (χ1n) is 3.08. The van der Waals surface area contributed by atoms with Crippen LogP contribution in [0, 0.1) is 12.3 Å². The summed E-state index contributed by atoms with van der Waals surface area (Å²) in [6.07, 6.45) is 5.18. The monoisotopic (exact) mass is 166 g/mol. The van der Waals surface area contributed by atoms with Gasteiger partial charge >= 0.3 is 0 Å². The van der Waals surface area contributed by atoms with Crippen LogP contribution in [0.3, 0.4) is 0 Å². The molecule has 1 rings (SSSR count). The van der Waals surface area contributed by atoms with Gasteiger partial charge in [0.2, 0.25) is 0 Å². The van der Waals surface area contributed by atoms with Crippen molar-refractivity contribution in [3.8, 4) is 18.1 Å². The average Bonchev–Trinajstić information content (AvgIpc) is 2.05. The van der Waals surface area contributed by atoms with E-state index < -0.39 is 0 Å². The zero-order valence-electron chi connectivity index (χ0n) is 6.10. The first-order chi connectivity index (χ1) is 5.29. The van der Waals surface area contributed by atoms with E-state index in [-0.39, 0.29) is 0 Å². The lowest BCUT2D eigenvalue weighted by atomic mass is 10.2. The van der Waals surface area contributed by atoms with Crippen molar-refractivity contribution in [3.05, 3.63) is 28.8 Å². The SMILES string of the molecule is C#Cc1cccc(OC)c1Cl. The van der Waals surface area contributed by atoms with Gasteiger partial charge in [-0.05, 0) is 12.1 Å². The fourth-order valence-electron chi connectivity index (χ4n) is 0.780. The van der Waals surface area contributed by atoms with Crippen LogP contribution in [0.25, 0.3) is 0 Å². The van der Waals surface area contributed by atoms with E-state index in [0.29, 0.717) is 16.3 Å². The Bertz CT molecular complexity index is 299. The van der Waals surface area contributed by atoms with Crippen LogP contribution in [0.5, 0.6) is 5.75 Å². The van der Waals surface area contributed by atoms with Gasteiger partial charge in [-0.3, -0.25) is 0 Å². The van der Waals surface area contributed by atoms with E-state index in [1.807, 2.05) is 0 Å². The molecule has 0 radical (unpaired) electrons. The quantitative estimate of drug-likeness (QED) is 0.582. The topological polar surface area (TPSA) is 9.23 Å². The Balaban J connectivity index is 3.23. The maximum Gasteiger partial charge on any atom is 0.138 e. The third-order valence-corrected chi connectivity index (χ3v) is 1.73. The lowest BCUT2D eigenvalue weighted by molar-refractivity contribution is 0.415. The number of methoxy groups -OCH3 is 1. The molecule has 0 N–H and O–H groups in total.